The van der Waals surface area contributed by atoms with Crippen molar-refractivity contribution in [2.75, 3.05) is 7.11 Å². The summed E-state index contributed by atoms with van der Waals surface area (Å²) in [6.07, 6.45) is -10.7. The van der Waals surface area contributed by atoms with Crippen LogP contribution < -0.4 is 0 Å². The highest BCUT2D eigenvalue weighted by molar-refractivity contribution is 5.73. The van der Waals surface area contributed by atoms with Crippen LogP contribution in [0.2, 0.25) is 0 Å². The number of rotatable bonds is 3. The fourth-order valence-corrected chi connectivity index (χ4v) is 1.95. The van der Waals surface area contributed by atoms with Crippen molar-refractivity contribution in [3.05, 3.63) is 34.4 Å². The Labute approximate surface area is 116 Å². The largest absolute Gasteiger partial charge is 0.469 e. The van der Waals surface area contributed by atoms with Gasteiger partial charge in [0.1, 0.15) is 0 Å². The fraction of sp³-hybridized carbons (Fsp3) is 0.462. The molecule has 118 valence electrons. The summed E-state index contributed by atoms with van der Waals surface area (Å²) in [6, 6.07) is 0.630. The van der Waals surface area contributed by atoms with Crippen molar-refractivity contribution in [2.24, 2.45) is 0 Å². The smallest absolute Gasteiger partial charge is 0.416 e. The molecule has 0 saturated heterocycles. The van der Waals surface area contributed by atoms with E-state index in [2.05, 4.69) is 4.74 Å². The highest BCUT2D eigenvalue weighted by atomic mass is 19.4. The second kappa shape index (κ2) is 5.95. The molecule has 0 aliphatic carbocycles. The van der Waals surface area contributed by atoms with E-state index in [1.165, 1.54) is 6.92 Å². The van der Waals surface area contributed by atoms with Crippen LogP contribution in [0.4, 0.5) is 26.3 Å². The Kier molecular flexibility index (Phi) is 4.91. The molecule has 0 spiro atoms. The first-order valence-corrected chi connectivity index (χ1v) is 5.87. The van der Waals surface area contributed by atoms with Crippen LogP contribution in [0.5, 0.6) is 0 Å². The highest BCUT2D eigenvalue weighted by Crippen LogP contribution is 2.39. The standard InChI is InChI=1S/C13H12F6O2/c1-3-9-7(5-11(20)21-2)4-8(12(14,15)16)6-10(9)13(17,18)19/h4,6H,3,5H2,1-2H3. The number of carbonyl (C=O) groups is 1. The number of methoxy groups -OCH3 is 1. The zero-order chi connectivity index (χ0) is 16.4. The number of carbonyl (C=O) groups excluding carboxylic acids is 1. The molecule has 0 saturated carbocycles. The van der Waals surface area contributed by atoms with Crippen LogP contribution in [-0.4, -0.2) is 13.1 Å². The van der Waals surface area contributed by atoms with Crippen molar-refractivity contribution in [2.45, 2.75) is 32.1 Å². The van der Waals surface area contributed by atoms with Crippen molar-refractivity contribution in [1.29, 1.82) is 0 Å². The molecule has 2 nitrogen and oxygen atoms in total. The molecular formula is C13H12F6O2. The topological polar surface area (TPSA) is 26.3 Å². The first-order chi connectivity index (χ1) is 9.50. The monoisotopic (exact) mass is 314 g/mol. The van der Waals surface area contributed by atoms with Crippen LogP contribution in [0.1, 0.15) is 29.2 Å². The molecule has 0 aliphatic rings. The molecular weight excluding hydrogens is 302 g/mol. The number of hydrogen-bond acceptors (Lipinski definition) is 2. The van der Waals surface area contributed by atoms with E-state index in [0.717, 1.165) is 7.11 Å². The number of alkyl halides is 6. The molecule has 0 fully saturated rings. The van der Waals surface area contributed by atoms with E-state index < -0.39 is 35.9 Å². The maximum atomic E-state index is 12.9. The van der Waals surface area contributed by atoms with Gasteiger partial charge < -0.3 is 4.74 Å². The van der Waals surface area contributed by atoms with Gasteiger partial charge in [-0.05, 0) is 29.7 Å². The summed E-state index contributed by atoms with van der Waals surface area (Å²) in [7, 11) is 1.01. The lowest BCUT2D eigenvalue weighted by molar-refractivity contribution is -0.144. The average Bonchev–Trinajstić information content (AvgIpc) is 2.35. The van der Waals surface area contributed by atoms with E-state index in [4.69, 9.17) is 0 Å². The van der Waals surface area contributed by atoms with E-state index in [1.54, 1.807) is 0 Å². The van der Waals surface area contributed by atoms with Gasteiger partial charge in [0, 0.05) is 0 Å². The molecule has 21 heavy (non-hydrogen) atoms. The summed E-state index contributed by atoms with van der Waals surface area (Å²) in [6.45, 7) is 1.37. The first kappa shape index (κ1) is 17.3. The van der Waals surface area contributed by atoms with E-state index in [1.807, 2.05) is 0 Å². The minimum absolute atomic E-state index is 0.0691. The van der Waals surface area contributed by atoms with Crippen molar-refractivity contribution >= 4 is 5.97 Å². The summed E-state index contributed by atoms with van der Waals surface area (Å²) in [5.41, 5.74) is -3.47. The third-order valence-electron chi connectivity index (χ3n) is 2.89. The molecule has 0 N–H and O–H groups in total. The zero-order valence-corrected chi connectivity index (χ0v) is 11.2. The molecule has 0 atom stereocenters. The predicted molar refractivity (Wildman–Crippen MR) is 61.5 cm³/mol. The minimum Gasteiger partial charge on any atom is -0.469 e. The van der Waals surface area contributed by atoms with Gasteiger partial charge in [-0.15, -0.1) is 0 Å². The van der Waals surface area contributed by atoms with E-state index in [9.17, 15) is 31.1 Å². The summed E-state index contributed by atoms with van der Waals surface area (Å²) < 4.78 is 81.2. The predicted octanol–water partition coefficient (Wildman–Crippen LogP) is 4.00. The zero-order valence-electron chi connectivity index (χ0n) is 11.2. The van der Waals surface area contributed by atoms with Gasteiger partial charge in [0.25, 0.3) is 0 Å². The van der Waals surface area contributed by atoms with Crippen molar-refractivity contribution in [3.63, 3.8) is 0 Å². The van der Waals surface area contributed by atoms with Gasteiger partial charge in [-0.2, -0.15) is 26.3 Å². The van der Waals surface area contributed by atoms with Gasteiger partial charge in [0.2, 0.25) is 0 Å². The lowest BCUT2D eigenvalue weighted by Crippen LogP contribution is -2.17. The number of benzene rings is 1. The lowest BCUT2D eigenvalue weighted by Gasteiger charge is -2.19. The molecule has 0 aliphatic heterocycles. The van der Waals surface area contributed by atoms with Crippen LogP contribution in [-0.2, 0) is 34.7 Å². The number of ether oxygens (including phenoxy) is 1. The van der Waals surface area contributed by atoms with Gasteiger partial charge >= 0.3 is 18.3 Å². The van der Waals surface area contributed by atoms with Gasteiger partial charge in [0.05, 0.1) is 24.7 Å². The van der Waals surface area contributed by atoms with Crippen molar-refractivity contribution in [3.8, 4) is 0 Å². The van der Waals surface area contributed by atoms with Gasteiger partial charge in [-0.1, -0.05) is 6.92 Å². The third kappa shape index (κ3) is 4.12. The Morgan fingerprint density at radius 1 is 1.10 bits per heavy atom. The van der Waals surface area contributed by atoms with E-state index in [0.29, 0.717) is 6.07 Å². The summed E-state index contributed by atoms with van der Waals surface area (Å²) in [5, 5.41) is 0. The average molecular weight is 314 g/mol. The fourth-order valence-electron chi connectivity index (χ4n) is 1.95. The second-order valence-electron chi connectivity index (χ2n) is 4.26. The molecule has 0 aromatic heterocycles. The molecule has 0 unspecified atom stereocenters. The maximum absolute atomic E-state index is 12.9. The van der Waals surface area contributed by atoms with Crippen LogP contribution in [0.15, 0.2) is 12.1 Å². The number of halogens is 6. The molecule has 0 amide bonds. The normalized spacial score (nSPS) is 12.4. The lowest BCUT2D eigenvalue weighted by atomic mass is 9.93. The van der Waals surface area contributed by atoms with Crippen LogP contribution in [0, 0.1) is 0 Å². The van der Waals surface area contributed by atoms with Gasteiger partial charge in [0.15, 0.2) is 0 Å². The number of esters is 1. The third-order valence-corrected chi connectivity index (χ3v) is 2.89. The minimum atomic E-state index is -4.93. The second-order valence-corrected chi connectivity index (χ2v) is 4.26. The molecule has 0 bridgehead atoms. The number of hydrogen-bond donors (Lipinski definition) is 0. The summed E-state index contributed by atoms with van der Waals surface area (Å²) in [4.78, 5) is 11.2. The SMILES string of the molecule is CCc1c(CC(=O)OC)cc(C(F)(F)F)cc1C(F)(F)F. The van der Waals surface area contributed by atoms with E-state index >= 15 is 0 Å². The first-order valence-electron chi connectivity index (χ1n) is 5.87. The van der Waals surface area contributed by atoms with Gasteiger partial charge in [-0.3, -0.25) is 4.79 Å². The summed E-state index contributed by atoms with van der Waals surface area (Å²) in [5.74, 6) is -0.905. The van der Waals surface area contributed by atoms with E-state index in [-0.39, 0.29) is 23.6 Å². The van der Waals surface area contributed by atoms with Crippen molar-refractivity contribution < 1.29 is 35.9 Å². The molecule has 0 heterocycles. The van der Waals surface area contributed by atoms with Crippen molar-refractivity contribution in [1.82, 2.24) is 0 Å². The molecule has 1 aromatic carbocycles. The Balaban J connectivity index is 3.56. The Morgan fingerprint density at radius 2 is 1.67 bits per heavy atom. The maximum Gasteiger partial charge on any atom is 0.416 e. The quantitative estimate of drug-likeness (QED) is 0.622. The van der Waals surface area contributed by atoms with Crippen LogP contribution in [0.25, 0.3) is 0 Å². The molecule has 1 rings (SSSR count). The Morgan fingerprint density at radius 3 is 2.05 bits per heavy atom. The Bertz CT molecular complexity index is 531. The summed E-state index contributed by atoms with van der Waals surface area (Å²) >= 11 is 0. The molecule has 0 radical (unpaired) electrons. The van der Waals surface area contributed by atoms with Crippen LogP contribution >= 0.6 is 0 Å². The molecule has 1 aromatic rings. The molecule has 8 heteroatoms. The highest BCUT2D eigenvalue weighted by Gasteiger charge is 2.39. The Hall–Kier alpha value is -1.73. The van der Waals surface area contributed by atoms with Crippen LogP contribution in [0.3, 0.4) is 0 Å². The van der Waals surface area contributed by atoms with Gasteiger partial charge in [-0.25, -0.2) is 0 Å².